The van der Waals surface area contributed by atoms with Gasteiger partial charge in [-0.15, -0.1) is 11.3 Å². The maximum atomic E-state index is 13.4. The van der Waals surface area contributed by atoms with E-state index in [0.717, 1.165) is 5.56 Å². The number of amides is 2. The Kier molecular flexibility index (Phi) is 9.97. The lowest BCUT2D eigenvalue weighted by Crippen LogP contribution is -2.49. The molecule has 11 nitrogen and oxygen atoms in total. The maximum absolute atomic E-state index is 13.4. The Labute approximate surface area is 219 Å². The Hall–Kier alpha value is -3.52. The highest BCUT2D eigenvalue weighted by molar-refractivity contribution is 7.87. The molecule has 198 valence electrons. The molecule has 0 bridgehead atoms. The Bertz CT molecular complexity index is 1300. The zero-order valence-electron chi connectivity index (χ0n) is 20.2. The first kappa shape index (κ1) is 28.1. The highest BCUT2D eigenvalue weighted by atomic mass is 32.2. The molecule has 1 aromatic heterocycles. The van der Waals surface area contributed by atoms with Crippen molar-refractivity contribution in [1.82, 2.24) is 15.6 Å². The van der Waals surface area contributed by atoms with Gasteiger partial charge in [0.05, 0.1) is 31.1 Å². The van der Waals surface area contributed by atoms with Crippen LogP contribution < -0.4 is 15.4 Å². The molecule has 2 aromatic carbocycles. The molecule has 1 heterocycles. The van der Waals surface area contributed by atoms with E-state index in [1.54, 1.807) is 25.3 Å². The maximum Gasteiger partial charge on any atom is 0.407 e. The number of methoxy groups -OCH3 is 2. The van der Waals surface area contributed by atoms with Gasteiger partial charge in [-0.1, -0.05) is 42.5 Å². The summed E-state index contributed by atoms with van der Waals surface area (Å²) in [6.45, 7) is 0.297. The van der Waals surface area contributed by atoms with Gasteiger partial charge in [0, 0.05) is 18.9 Å². The smallest absolute Gasteiger partial charge is 0.407 e. The second-order valence-electron chi connectivity index (χ2n) is 8.03. The number of rotatable bonds is 12. The fourth-order valence-corrected chi connectivity index (χ4v) is 4.85. The summed E-state index contributed by atoms with van der Waals surface area (Å²) in [4.78, 5) is 29.9. The zero-order chi connectivity index (χ0) is 26.8. The van der Waals surface area contributed by atoms with Crippen LogP contribution in [0.1, 0.15) is 27.9 Å². The van der Waals surface area contributed by atoms with Gasteiger partial charge in [0.1, 0.15) is 11.0 Å². The van der Waals surface area contributed by atoms with E-state index >= 15 is 0 Å². The predicted octanol–water partition coefficient (Wildman–Crippen LogP) is 2.87. The standard InChI is InChI=1S/C24H28N4O7S2/c1-34-14-19-15-36-23(25-19)21(13-17-9-6-10-18(11-17)28-37(31,32)33)26-22(29)20(27-24(30)35-2)12-16-7-4-3-5-8-16/h3-11,15,20-21,28H,12-14H2,1-2H3,(H,26,29)(H,27,30)(H,31,32,33). The second kappa shape index (κ2) is 13.1. The number of carbonyl (C=O) groups is 2. The quantitative estimate of drug-likeness (QED) is 0.252. The van der Waals surface area contributed by atoms with Crippen molar-refractivity contribution in [1.29, 1.82) is 0 Å². The molecule has 0 saturated carbocycles. The summed E-state index contributed by atoms with van der Waals surface area (Å²) in [6.07, 6.45) is -0.258. The number of ether oxygens (including phenoxy) is 2. The van der Waals surface area contributed by atoms with Crippen molar-refractivity contribution in [2.45, 2.75) is 31.5 Å². The van der Waals surface area contributed by atoms with Crippen molar-refractivity contribution in [3.8, 4) is 0 Å². The van der Waals surface area contributed by atoms with Gasteiger partial charge in [0.15, 0.2) is 0 Å². The van der Waals surface area contributed by atoms with E-state index < -0.39 is 34.4 Å². The molecule has 13 heteroatoms. The fourth-order valence-electron chi connectivity index (χ4n) is 3.58. The van der Waals surface area contributed by atoms with E-state index in [9.17, 15) is 18.0 Å². The van der Waals surface area contributed by atoms with E-state index in [2.05, 4.69) is 15.6 Å². The summed E-state index contributed by atoms with van der Waals surface area (Å²) >= 11 is 1.34. The second-order valence-corrected chi connectivity index (χ2v) is 10.1. The highest BCUT2D eigenvalue weighted by Gasteiger charge is 2.26. The van der Waals surface area contributed by atoms with Crippen LogP contribution in [0.3, 0.4) is 0 Å². The third-order valence-corrected chi connectivity index (χ3v) is 6.67. The van der Waals surface area contributed by atoms with Crippen LogP contribution in [0.5, 0.6) is 0 Å². The van der Waals surface area contributed by atoms with Crippen molar-refractivity contribution in [3.05, 3.63) is 81.8 Å². The molecule has 2 atom stereocenters. The number of hydrogen-bond acceptors (Lipinski definition) is 8. The van der Waals surface area contributed by atoms with E-state index in [1.807, 2.05) is 40.4 Å². The van der Waals surface area contributed by atoms with Gasteiger partial charge in [0.2, 0.25) is 5.91 Å². The average Bonchev–Trinajstić information content (AvgIpc) is 3.32. The van der Waals surface area contributed by atoms with Crippen molar-refractivity contribution < 1.29 is 32.0 Å². The molecule has 4 N–H and O–H groups in total. The van der Waals surface area contributed by atoms with Crippen LogP contribution in [0, 0.1) is 0 Å². The van der Waals surface area contributed by atoms with Crippen LogP contribution >= 0.6 is 11.3 Å². The van der Waals surface area contributed by atoms with E-state index in [0.29, 0.717) is 22.9 Å². The summed E-state index contributed by atoms with van der Waals surface area (Å²) in [7, 11) is -1.68. The highest BCUT2D eigenvalue weighted by Crippen LogP contribution is 2.25. The molecule has 2 unspecified atom stereocenters. The molecule has 2 amide bonds. The van der Waals surface area contributed by atoms with E-state index in [1.165, 1.54) is 24.5 Å². The van der Waals surface area contributed by atoms with Crippen LogP contribution in [0.25, 0.3) is 0 Å². The van der Waals surface area contributed by atoms with Gasteiger partial charge in [-0.25, -0.2) is 9.78 Å². The Morgan fingerprint density at radius 2 is 1.76 bits per heavy atom. The third kappa shape index (κ3) is 9.13. The third-order valence-electron chi connectivity index (χ3n) is 5.17. The van der Waals surface area contributed by atoms with Gasteiger partial charge in [-0.2, -0.15) is 8.42 Å². The Balaban J connectivity index is 1.87. The molecule has 0 aliphatic carbocycles. The molecule has 0 fully saturated rings. The lowest BCUT2D eigenvalue weighted by atomic mass is 10.0. The summed E-state index contributed by atoms with van der Waals surface area (Å²) in [5.41, 5.74) is 2.37. The van der Waals surface area contributed by atoms with E-state index in [-0.39, 0.29) is 18.5 Å². The summed E-state index contributed by atoms with van der Waals surface area (Å²) in [6, 6.07) is 14.1. The van der Waals surface area contributed by atoms with Crippen molar-refractivity contribution >= 4 is 39.3 Å². The number of hydrogen-bond donors (Lipinski definition) is 4. The number of nitrogens with zero attached hydrogens (tertiary/aromatic N) is 1. The topological polar surface area (TPSA) is 156 Å². The number of carbonyl (C=O) groups excluding carboxylic acids is 2. The predicted molar refractivity (Wildman–Crippen MR) is 139 cm³/mol. The van der Waals surface area contributed by atoms with Crippen LogP contribution in [-0.4, -0.2) is 50.2 Å². The Morgan fingerprint density at radius 3 is 2.43 bits per heavy atom. The van der Waals surface area contributed by atoms with Crippen molar-refractivity contribution in [2.75, 3.05) is 18.9 Å². The minimum atomic E-state index is -4.45. The minimum absolute atomic E-state index is 0.165. The molecule has 37 heavy (non-hydrogen) atoms. The molecule has 3 rings (SSSR count). The number of alkyl carbamates (subject to hydrolysis) is 1. The van der Waals surface area contributed by atoms with Crippen LogP contribution in [0.4, 0.5) is 10.5 Å². The van der Waals surface area contributed by atoms with E-state index in [4.69, 9.17) is 14.0 Å². The lowest BCUT2D eigenvalue weighted by Gasteiger charge is -2.22. The van der Waals surface area contributed by atoms with Gasteiger partial charge in [-0.05, 0) is 29.7 Å². The number of aromatic nitrogens is 1. The summed E-state index contributed by atoms with van der Waals surface area (Å²) < 4.78 is 43.4. The molecule has 0 radical (unpaired) electrons. The summed E-state index contributed by atoms with van der Waals surface area (Å²) in [5.74, 6) is -0.449. The van der Waals surface area contributed by atoms with Gasteiger partial charge in [-0.3, -0.25) is 14.1 Å². The molecular formula is C24H28N4O7S2. The van der Waals surface area contributed by atoms with Crippen LogP contribution in [0.15, 0.2) is 60.0 Å². The zero-order valence-corrected chi connectivity index (χ0v) is 21.8. The average molecular weight is 549 g/mol. The summed E-state index contributed by atoms with van der Waals surface area (Å²) in [5, 5.41) is 7.97. The molecule has 0 spiro atoms. The molecule has 3 aromatic rings. The SMILES string of the molecule is COCc1csc(C(Cc2cccc(NS(=O)(=O)O)c2)NC(=O)C(Cc2ccccc2)NC(=O)OC)n1. The number of nitrogens with one attached hydrogen (secondary N) is 3. The van der Waals surface area contributed by atoms with Crippen LogP contribution in [-0.2, 0) is 44.0 Å². The minimum Gasteiger partial charge on any atom is -0.453 e. The first-order valence-electron chi connectivity index (χ1n) is 11.1. The normalized spacial score (nSPS) is 12.8. The van der Waals surface area contributed by atoms with Gasteiger partial charge in [0.25, 0.3) is 0 Å². The van der Waals surface area contributed by atoms with Crippen molar-refractivity contribution in [3.63, 3.8) is 0 Å². The lowest BCUT2D eigenvalue weighted by molar-refractivity contribution is -0.123. The molecule has 0 saturated heterocycles. The molecular weight excluding hydrogens is 520 g/mol. The Morgan fingerprint density at radius 1 is 1.03 bits per heavy atom. The van der Waals surface area contributed by atoms with Crippen LogP contribution in [0.2, 0.25) is 0 Å². The van der Waals surface area contributed by atoms with Crippen molar-refractivity contribution in [2.24, 2.45) is 0 Å². The first-order valence-corrected chi connectivity index (χ1v) is 13.4. The largest absolute Gasteiger partial charge is 0.453 e. The molecule has 0 aliphatic heterocycles. The first-order chi connectivity index (χ1) is 17.7. The number of thiazole rings is 1. The monoisotopic (exact) mass is 548 g/mol. The molecule has 0 aliphatic rings. The van der Waals surface area contributed by atoms with Gasteiger partial charge >= 0.3 is 16.4 Å². The fraction of sp³-hybridized carbons (Fsp3) is 0.292. The van der Waals surface area contributed by atoms with Gasteiger partial charge < -0.3 is 20.1 Å². The number of anilines is 1. The number of benzene rings is 2.